The molecule has 0 aromatic carbocycles. The summed E-state index contributed by atoms with van der Waals surface area (Å²) in [6, 6.07) is -0.554. The highest BCUT2D eigenvalue weighted by molar-refractivity contribution is 5.86. The van der Waals surface area contributed by atoms with Crippen LogP contribution in [-0.2, 0) is 9.59 Å². The molecule has 1 saturated carbocycles. The second kappa shape index (κ2) is 7.09. The summed E-state index contributed by atoms with van der Waals surface area (Å²) in [5.74, 6) is -0.0284. The Hall–Kier alpha value is -1.32. The van der Waals surface area contributed by atoms with Crippen molar-refractivity contribution in [1.82, 2.24) is 5.32 Å². The van der Waals surface area contributed by atoms with Gasteiger partial charge in [0.25, 0.3) is 0 Å². The lowest BCUT2D eigenvalue weighted by Gasteiger charge is -2.16. The summed E-state index contributed by atoms with van der Waals surface area (Å²) < 4.78 is 0. The average molecular weight is 238 g/mol. The van der Waals surface area contributed by atoms with Crippen molar-refractivity contribution in [1.29, 1.82) is 0 Å². The number of nitrogens with one attached hydrogen (secondary N) is 1. The van der Waals surface area contributed by atoms with E-state index >= 15 is 0 Å². The summed E-state index contributed by atoms with van der Waals surface area (Å²) in [7, 11) is 0. The Labute approximate surface area is 103 Å². The molecule has 1 aliphatic carbocycles. The maximum Gasteiger partial charge on any atom is 0.240 e. The first-order chi connectivity index (χ1) is 8.13. The van der Waals surface area contributed by atoms with E-state index in [4.69, 9.17) is 5.73 Å². The smallest absolute Gasteiger partial charge is 0.240 e. The third-order valence-corrected chi connectivity index (χ3v) is 3.29. The molecular weight excluding hydrogens is 216 g/mol. The van der Waals surface area contributed by atoms with Gasteiger partial charge in [0.05, 0.1) is 0 Å². The molecule has 0 heterocycles. The third kappa shape index (κ3) is 5.02. The number of carbonyl (C=O) groups excluding carboxylic acids is 2. The zero-order valence-corrected chi connectivity index (χ0v) is 10.3. The number of hydrogen-bond donors (Lipinski definition) is 2. The number of hydrogen-bond acceptors (Lipinski definition) is 2. The fraction of sp³-hybridized carbons (Fsp3) is 0.692. The highest BCUT2D eigenvalue weighted by atomic mass is 16.2. The Morgan fingerprint density at radius 1 is 1.41 bits per heavy atom. The van der Waals surface area contributed by atoms with E-state index in [9.17, 15) is 9.59 Å². The Bertz CT molecular complexity index is 283. The van der Waals surface area contributed by atoms with Gasteiger partial charge in [-0.25, -0.2) is 0 Å². The van der Waals surface area contributed by atoms with Crippen molar-refractivity contribution in [2.24, 2.45) is 11.7 Å². The summed E-state index contributed by atoms with van der Waals surface area (Å²) in [6.45, 7) is 3.59. The first-order valence-corrected chi connectivity index (χ1v) is 6.33. The van der Waals surface area contributed by atoms with Crippen molar-refractivity contribution >= 4 is 11.8 Å². The van der Waals surface area contributed by atoms with Crippen molar-refractivity contribution in [3.63, 3.8) is 0 Å². The van der Waals surface area contributed by atoms with Gasteiger partial charge in [0, 0.05) is 6.42 Å². The fourth-order valence-corrected chi connectivity index (χ4v) is 2.30. The van der Waals surface area contributed by atoms with Crippen LogP contribution < -0.4 is 11.1 Å². The van der Waals surface area contributed by atoms with Crippen LogP contribution in [0.15, 0.2) is 12.7 Å². The summed E-state index contributed by atoms with van der Waals surface area (Å²) in [5, 5.41) is 2.72. The van der Waals surface area contributed by atoms with Gasteiger partial charge in [-0.05, 0) is 31.6 Å². The zero-order chi connectivity index (χ0) is 12.7. The Morgan fingerprint density at radius 3 is 2.59 bits per heavy atom. The predicted octanol–water partition coefficient (Wildman–Crippen LogP) is 1.50. The van der Waals surface area contributed by atoms with Crippen LogP contribution in [0.3, 0.4) is 0 Å². The van der Waals surface area contributed by atoms with Gasteiger partial charge in [-0.2, -0.15) is 0 Å². The first-order valence-electron chi connectivity index (χ1n) is 6.33. The van der Waals surface area contributed by atoms with Crippen LogP contribution in [0, 0.1) is 5.92 Å². The van der Waals surface area contributed by atoms with E-state index < -0.39 is 11.9 Å². The van der Waals surface area contributed by atoms with Crippen LogP contribution in [-0.4, -0.2) is 17.9 Å². The monoisotopic (exact) mass is 238 g/mol. The van der Waals surface area contributed by atoms with Gasteiger partial charge in [0.1, 0.15) is 6.04 Å². The highest BCUT2D eigenvalue weighted by Gasteiger charge is 2.21. The van der Waals surface area contributed by atoms with E-state index in [0.717, 1.165) is 12.8 Å². The van der Waals surface area contributed by atoms with E-state index in [2.05, 4.69) is 11.9 Å². The maximum atomic E-state index is 11.7. The summed E-state index contributed by atoms with van der Waals surface area (Å²) in [5.41, 5.74) is 5.25. The fourth-order valence-electron chi connectivity index (χ4n) is 2.30. The molecular formula is C13H22N2O2. The number of primary amides is 1. The van der Waals surface area contributed by atoms with Crippen LogP contribution in [0.5, 0.6) is 0 Å². The van der Waals surface area contributed by atoms with Gasteiger partial charge in [-0.1, -0.05) is 18.9 Å². The van der Waals surface area contributed by atoms with Gasteiger partial charge >= 0.3 is 0 Å². The number of carbonyl (C=O) groups is 2. The van der Waals surface area contributed by atoms with Crippen LogP contribution in [0.1, 0.15) is 44.9 Å². The molecule has 0 saturated heterocycles. The number of amides is 2. The van der Waals surface area contributed by atoms with E-state index in [0.29, 0.717) is 25.2 Å². The van der Waals surface area contributed by atoms with Gasteiger partial charge < -0.3 is 11.1 Å². The van der Waals surface area contributed by atoms with Gasteiger partial charge in [0.15, 0.2) is 0 Å². The topological polar surface area (TPSA) is 72.2 Å². The molecule has 0 bridgehead atoms. The highest BCUT2D eigenvalue weighted by Crippen LogP contribution is 2.27. The molecule has 0 aliphatic heterocycles. The molecule has 1 atom stereocenters. The van der Waals surface area contributed by atoms with Gasteiger partial charge in [-0.15, -0.1) is 6.58 Å². The van der Waals surface area contributed by atoms with Crippen molar-refractivity contribution in [3.8, 4) is 0 Å². The lowest BCUT2D eigenvalue weighted by atomic mass is 10.0. The quantitative estimate of drug-likeness (QED) is 0.660. The number of nitrogens with two attached hydrogens (primary N) is 1. The maximum absolute atomic E-state index is 11.7. The number of allylic oxidation sites excluding steroid dienone is 1. The zero-order valence-electron chi connectivity index (χ0n) is 10.3. The van der Waals surface area contributed by atoms with Crippen LogP contribution >= 0.6 is 0 Å². The normalized spacial score (nSPS) is 17.6. The largest absolute Gasteiger partial charge is 0.368 e. The van der Waals surface area contributed by atoms with Crippen molar-refractivity contribution in [3.05, 3.63) is 12.7 Å². The summed E-state index contributed by atoms with van der Waals surface area (Å²) >= 11 is 0. The standard InChI is InChI=1S/C13H22N2O2/c1-2-3-8-11(13(14)17)15-12(16)9-10-6-4-5-7-10/h2,10-11H,1,3-9H2,(H2,14,17)(H,15,16)/t11-/m0/s1. The van der Waals surface area contributed by atoms with Crippen LogP contribution in [0.2, 0.25) is 0 Å². The Balaban J connectivity index is 2.34. The van der Waals surface area contributed by atoms with E-state index in [-0.39, 0.29) is 5.91 Å². The molecule has 1 rings (SSSR count). The first kappa shape index (κ1) is 13.7. The molecule has 1 fully saturated rings. The van der Waals surface area contributed by atoms with E-state index in [1.807, 2.05) is 0 Å². The molecule has 4 nitrogen and oxygen atoms in total. The van der Waals surface area contributed by atoms with Crippen LogP contribution in [0.25, 0.3) is 0 Å². The molecule has 0 radical (unpaired) electrons. The minimum absolute atomic E-state index is 0.0511. The number of rotatable bonds is 7. The molecule has 3 N–H and O–H groups in total. The van der Waals surface area contributed by atoms with Crippen LogP contribution in [0.4, 0.5) is 0 Å². The lowest BCUT2D eigenvalue weighted by molar-refractivity contribution is -0.128. The molecule has 0 spiro atoms. The second-order valence-corrected chi connectivity index (χ2v) is 4.74. The molecule has 0 aromatic rings. The third-order valence-electron chi connectivity index (χ3n) is 3.29. The van der Waals surface area contributed by atoms with E-state index in [1.54, 1.807) is 6.08 Å². The molecule has 96 valence electrons. The van der Waals surface area contributed by atoms with Gasteiger partial charge in [0.2, 0.25) is 11.8 Å². The Morgan fingerprint density at radius 2 is 2.06 bits per heavy atom. The molecule has 4 heteroatoms. The molecule has 0 unspecified atom stereocenters. The minimum atomic E-state index is -0.554. The summed E-state index contributed by atoms with van der Waals surface area (Å²) in [4.78, 5) is 22.9. The van der Waals surface area contributed by atoms with E-state index in [1.165, 1.54) is 12.8 Å². The van der Waals surface area contributed by atoms with Crippen molar-refractivity contribution in [2.45, 2.75) is 51.0 Å². The lowest BCUT2D eigenvalue weighted by Crippen LogP contribution is -2.44. The van der Waals surface area contributed by atoms with Gasteiger partial charge in [-0.3, -0.25) is 9.59 Å². The average Bonchev–Trinajstić information content (AvgIpc) is 2.76. The second-order valence-electron chi connectivity index (χ2n) is 4.74. The SMILES string of the molecule is C=CCC[C@H](NC(=O)CC1CCCC1)C(N)=O. The minimum Gasteiger partial charge on any atom is -0.368 e. The van der Waals surface area contributed by atoms with Crippen molar-refractivity contribution in [2.75, 3.05) is 0 Å². The predicted molar refractivity (Wildman–Crippen MR) is 67.1 cm³/mol. The molecule has 17 heavy (non-hydrogen) atoms. The molecule has 0 aromatic heterocycles. The van der Waals surface area contributed by atoms with Crippen molar-refractivity contribution < 1.29 is 9.59 Å². The molecule has 2 amide bonds. The Kier molecular flexibility index (Phi) is 5.73. The summed E-state index contributed by atoms with van der Waals surface area (Å²) in [6.07, 6.45) is 8.15. The molecule has 1 aliphatic rings.